The highest BCUT2D eigenvalue weighted by atomic mass is 16.2. The van der Waals surface area contributed by atoms with Crippen molar-refractivity contribution in [3.63, 3.8) is 0 Å². The number of benzene rings is 1. The Balaban J connectivity index is 1.55. The fourth-order valence-electron chi connectivity index (χ4n) is 3.56. The van der Waals surface area contributed by atoms with E-state index in [9.17, 15) is 4.79 Å². The van der Waals surface area contributed by atoms with Gasteiger partial charge in [-0.25, -0.2) is 9.78 Å². The van der Waals surface area contributed by atoms with E-state index in [1.165, 1.54) is 0 Å². The van der Waals surface area contributed by atoms with E-state index in [4.69, 9.17) is 4.98 Å². The number of aryl methyl sites for hydroxylation is 1. The van der Waals surface area contributed by atoms with E-state index in [1.807, 2.05) is 42.3 Å². The van der Waals surface area contributed by atoms with Crippen LogP contribution in [0.3, 0.4) is 0 Å². The van der Waals surface area contributed by atoms with Gasteiger partial charge in [-0.2, -0.15) is 5.10 Å². The number of aromatic amines is 1. The van der Waals surface area contributed by atoms with E-state index in [0.29, 0.717) is 5.82 Å². The highest BCUT2D eigenvalue weighted by Gasteiger charge is 2.33. The molecular formula is C20H26N6O. The quantitative estimate of drug-likeness (QED) is 0.720. The summed E-state index contributed by atoms with van der Waals surface area (Å²) in [6.45, 7) is 7.05. The third-order valence-corrected chi connectivity index (χ3v) is 5.12. The summed E-state index contributed by atoms with van der Waals surface area (Å²) in [6, 6.07) is 9.76. The molecule has 1 aliphatic heterocycles. The van der Waals surface area contributed by atoms with Crippen molar-refractivity contribution >= 4 is 22.9 Å². The van der Waals surface area contributed by atoms with Gasteiger partial charge in [0.05, 0.1) is 22.8 Å². The summed E-state index contributed by atoms with van der Waals surface area (Å²) in [7, 11) is 1.85. The predicted molar refractivity (Wildman–Crippen MR) is 106 cm³/mol. The highest BCUT2D eigenvalue weighted by Crippen LogP contribution is 2.32. The molecule has 7 heteroatoms. The van der Waals surface area contributed by atoms with Gasteiger partial charge in [0.2, 0.25) is 0 Å². The fraction of sp³-hybridized carbons (Fsp3) is 0.450. The van der Waals surface area contributed by atoms with Gasteiger partial charge in [0.25, 0.3) is 0 Å². The maximum Gasteiger partial charge on any atom is 0.323 e. The number of carbonyl (C=O) groups excluding carboxylic acids is 1. The molecule has 7 nitrogen and oxygen atoms in total. The van der Waals surface area contributed by atoms with Gasteiger partial charge in [-0.1, -0.05) is 32.9 Å². The van der Waals surface area contributed by atoms with Gasteiger partial charge >= 0.3 is 6.03 Å². The molecule has 3 aromatic rings. The van der Waals surface area contributed by atoms with Crippen molar-refractivity contribution in [2.24, 2.45) is 7.05 Å². The lowest BCUT2D eigenvalue weighted by Gasteiger charge is -2.23. The van der Waals surface area contributed by atoms with Crippen molar-refractivity contribution in [3.05, 3.63) is 41.9 Å². The van der Waals surface area contributed by atoms with Crippen molar-refractivity contribution in [2.45, 2.75) is 45.1 Å². The number of nitrogens with one attached hydrogen (secondary N) is 2. The second-order valence-corrected chi connectivity index (χ2v) is 8.21. The maximum atomic E-state index is 13.0. The minimum Gasteiger partial charge on any atom is -0.340 e. The Labute approximate surface area is 158 Å². The summed E-state index contributed by atoms with van der Waals surface area (Å²) < 4.78 is 1.73. The van der Waals surface area contributed by atoms with E-state index in [-0.39, 0.29) is 17.5 Å². The van der Waals surface area contributed by atoms with Gasteiger partial charge in [-0.3, -0.25) is 10.00 Å². The van der Waals surface area contributed by atoms with E-state index < -0.39 is 0 Å². The first-order valence-corrected chi connectivity index (χ1v) is 9.40. The minimum absolute atomic E-state index is 0.0345. The number of carbonyl (C=O) groups is 1. The number of urea groups is 1. The van der Waals surface area contributed by atoms with Crippen molar-refractivity contribution in [1.82, 2.24) is 24.6 Å². The average molecular weight is 366 g/mol. The molecule has 1 aromatic carbocycles. The molecule has 0 saturated carbocycles. The Kier molecular flexibility index (Phi) is 4.17. The van der Waals surface area contributed by atoms with E-state index in [2.05, 4.69) is 36.2 Å². The molecule has 2 amide bonds. The lowest BCUT2D eigenvalue weighted by Crippen LogP contribution is -2.35. The first-order valence-electron chi connectivity index (χ1n) is 9.40. The molecule has 0 unspecified atom stereocenters. The van der Waals surface area contributed by atoms with Gasteiger partial charge in [-0.05, 0) is 25.0 Å². The summed E-state index contributed by atoms with van der Waals surface area (Å²) >= 11 is 0. The molecule has 1 saturated heterocycles. The van der Waals surface area contributed by atoms with Crippen LogP contribution in [0.25, 0.3) is 11.0 Å². The third kappa shape index (κ3) is 3.29. The number of aromatic nitrogens is 4. The highest BCUT2D eigenvalue weighted by molar-refractivity contribution is 5.89. The number of fused-ring (bicyclic) bond motifs is 1. The SMILES string of the molecule is Cn1nc(C(C)(C)C)cc1NC(=O)N1CCC[C@@H]1c1nc2ccccc2[nH]1. The lowest BCUT2D eigenvalue weighted by molar-refractivity contribution is 0.205. The average Bonchev–Trinajstić information content (AvgIpc) is 3.31. The standard InChI is InChI=1S/C20H26N6O/c1-20(2,3)16-12-17(25(4)24-16)23-19(27)26-11-7-10-15(26)18-21-13-8-5-6-9-14(13)22-18/h5-6,8-9,12,15H,7,10-11H2,1-4H3,(H,21,22)(H,23,27)/t15-/m1/s1. The summed E-state index contributed by atoms with van der Waals surface area (Å²) in [4.78, 5) is 22.9. The van der Waals surface area contributed by atoms with Gasteiger partial charge in [0.15, 0.2) is 0 Å². The van der Waals surface area contributed by atoms with Crippen LogP contribution in [-0.4, -0.2) is 37.2 Å². The Morgan fingerprint density at radius 1 is 1.30 bits per heavy atom. The second kappa shape index (κ2) is 6.40. The van der Waals surface area contributed by atoms with Gasteiger partial charge in [-0.15, -0.1) is 0 Å². The largest absolute Gasteiger partial charge is 0.340 e. The summed E-state index contributed by atoms with van der Waals surface area (Å²) in [5, 5.41) is 7.56. The van der Waals surface area contributed by atoms with Crippen LogP contribution in [0.1, 0.15) is 51.2 Å². The second-order valence-electron chi connectivity index (χ2n) is 8.21. The van der Waals surface area contributed by atoms with Crippen LogP contribution in [0.2, 0.25) is 0 Å². The Hall–Kier alpha value is -2.83. The molecule has 0 bridgehead atoms. The van der Waals surface area contributed by atoms with Crippen LogP contribution in [0, 0.1) is 0 Å². The van der Waals surface area contributed by atoms with Crippen molar-refractivity contribution in [2.75, 3.05) is 11.9 Å². The molecule has 0 spiro atoms. The monoisotopic (exact) mass is 366 g/mol. The number of amides is 2. The number of rotatable bonds is 2. The van der Waals surface area contributed by atoms with E-state index in [1.54, 1.807) is 4.68 Å². The molecule has 0 radical (unpaired) electrons. The molecule has 1 aliphatic rings. The van der Waals surface area contributed by atoms with Gasteiger partial charge in [0, 0.05) is 25.1 Å². The smallest absolute Gasteiger partial charge is 0.323 e. The molecule has 1 fully saturated rings. The predicted octanol–water partition coefficient (Wildman–Crippen LogP) is 3.96. The molecule has 27 heavy (non-hydrogen) atoms. The molecule has 2 aromatic heterocycles. The minimum atomic E-state index is -0.110. The number of imidazole rings is 1. The van der Waals surface area contributed by atoms with Crippen molar-refractivity contribution in [3.8, 4) is 0 Å². The van der Waals surface area contributed by atoms with Crippen LogP contribution >= 0.6 is 0 Å². The van der Waals surface area contributed by atoms with Crippen molar-refractivity contribution in [1.29, 1.82) is 0 Å². The number of para-hydroxylation sites is 2. The first-order chi connectivity index (χ1) is 12.8. The third-order valence-electron chi connectivity index (χ3n) is 5.12. The number of likely N-dealkylation sites (tertiary alicyclic amines) is 1. The van der Waals surface area contributed by atoms with Gasteiger partial charge in [0.1, 0.15) is 11.6 Å². The molecule has 3 heterocycles. The van der Waals surface area contributed by atoms with Gasteiger partial charge < -0.3 is 9.88 Å². The Morgan fingerprint density at radius 2 is 2.07 bits per heavy atom. The van der Waals surface area contributed by atoms with Crippen LogP contribution in [-0.2, 0) is 12.5 Å². The molecular weight excluding hydrogens is 340 g/mol. The number of anilines is 1. The zero-order chi connectivity index (χ0) is 19.2. The summed E-state index contributed by atoms with van der Waals surface area (Å²) in [5.41, 5.74) is 2.82. The van der Waals surface area contributed by atoms with Crippen LogP contribution in [0.5, 0.6) is 0 Å². The molecule has 4 rings (SSSR count). The number of hydrogen-bond donors (Lipinski definition) is 2. The molecule has 1 atom stereocenters. The Bertz CT molecular complexity index is 947. The molecule has 2 N–H and O–H groups in total. The van der Waals surface area contributed by atoms with Crippen LogP contribution in [0.15, 0.2) is 30.3 Å². The molecule has 0 aliphatic carbocycles. The summed E-state index contributed by atoms with van der Waals surface area (Å²) in [6.07, 6.45) is 1.87. The summed E-state index contributed by atoms with van der Waals surface area (Å²) in [5.74, 6) is 1.56. The van der Waals surface area contributed by atoms with E-state index >= 15 is 0 Å². The van der Waals surface area contributed by atoms with Crippen molar-refractivity contribution < 1.29 is 4.79 Å². The zero-order valence-electron chi connectivity index (χ0n) is 16.3. The lowest BCUT2D eigenvalue weighted by atomic mass is 9.92. The van der Waals surface area contributed by atoms with E-state index in [0.717, 1.165) is 41.9 Å². The zero-order valence-corrected chi connectivity index (χ0v) is 16.3. The number of hydrogen-bond acceptors (Lipinski definition) is 3. The Morgan fingerprint density at radius 3 is 2.78 bits per heavy atom. The topological polar surface area (TPSA) is 78.8 Å². The molecule has 142 valence electrons. The van der Waals surface area contributed by atoms with Crippen LogP contribution < -0.4 is 5.32 Å². The maximum absolute atomic E-state index is 13.0. The normalized spacial score (nSPS) is 17.6. The number of H-pyrrole nitrogens is 1. The fourth-order valence-corrected chi connectivity index (χ4v) is 3.56. The first kappa shape index (κ1) is 17.6. The van der Waals surface area contributed by atoms with Crippen LogP contribution in [0.4, 0.5) is 10.6 Å². The number of nitrogens with zero attached hydrogens (tertiary/aromatic N) is 4.